The third kappa shape index (κ3) is 1.62. The van der Waals surface area contributed by atoms with Crippen molar-refractivity contribution in [2.24, 2.45) is 4.99 Å². The van der Waals surface area contributed by atoms with Crippen LogP contribution < -0.4 is 0 Å². The van der Waals surface area contributed by atoms with Gasteiger partial charge >= 0.3 is 0 Å². The topological polar surface area (TPSA) is 21.6 Å². The van der Waals surface area contributed by atoms with Crippen LogP contribution in [0.3, 0.4) is 0 Å². The van der Waals surface area contributed by atoms with Crippen molar-refractivity contribution in [2.45, 2.75) is 13.3 Å². The second-order valence-corrected chi connectivity index (χ2v) is 2.02. The lowest BCUT2D eigenvalue weighted by atomic mass is 10.4. The lowest BCUT2D eigenvalue weighted by Crippen LogP contribution is -2.01. The number of hydrogen-bond acceptors (Lipinski definition) is 2. The van der Waals surface area contributed by atoms with E-state index in [9.17, 15) is 0 Å². The fourth-order valence-corrected chi connectivity index (χ4v) is 0.702. The van der Waals surface area contributed by atoms with E-state index in [-0.39, 0.29) is 0 Å². The largest absolute Gasteiger partial charge is 0.375 e. The Bertz CT molecular complexity index is 98.7. The molecule has 0 unspecified atom stereocenters. The van der Waals surface area contributed by atoms with Crippen LogP contribution in [-0.4, -0.2) is 25.5 Å². The highest BCUT2D eigenvalue weighted by atomic mass is 16.5. The van der Waals surface area contributed by atoms with E-state index in [1.165, 1.54) is 0 Å². The highest BCUT2D eigenvalue weighted by molar-refractivity contribution is 5.83. The van der Waals surface area contributed by atoms with Gasteiger partial charge in [-0.05, 0) is 13.3 Å². The Morgan fingerprint density at radius 3 is 3.38 bits per heavy atom. The Kier molecular flexibility index (Phi) is 2.03. The molecule has 46 valence electrons. The van der Waals surface area contributed by atoms with Crippen molar-refractivity contribution in [1.29, 1.82) is 0 Å². The van der Waals surface area contributed by atoms with Crippen LogP contribution in [0.5, 0.6) is 0 Å². The number of nitrogens with zero attached hydrogens (tertiary/aromatic N) is 1. The molecule has 8 heavy (non-hydrogen) atoms. The minimum Gasteiger partial charge on any atom is -0.375 e. The summed E-state index contributed by atoms with van der Waals surface area (Å²) in [6.07, 6.45) is 1.08. The lowest BCUT2D eigenvalue weighted by molar-refractivity contribution is 0.175. The minimum atomic E-state index is 0.736. The van der Waals surface area contributed by atoms with Crippen LogP contribution >= 0.6 is 0 Å². The molecule has 0 saturated heterocycles. The van der Waals surface area contributed by atoms with E-state index in [1.54, 1.807) is 0 Å². The SMILES string of the molecule is CC1=NCCCOC1. The summed E-state index contributed by atoms with van der Waals surface area (Å²) in [5.41, 5.74) is 1.13. The van der Waals surface area contributed by atoms with Crippen LogP contribution in [0.4, 0.5) is 0 Å². The zero-order valence-electron chi connectivity index (χ0n) is 5.18. The maximum atomic E-state index is 5.18. The molecular weight excluding hydrogens is 102 g/mol. The molecule has 0 saturated carbocycles. The summed E-state index contributed by atoms with van der Waals surface area (Å²) in [6, 6.07) is 0. The maximum Gasteiger partial charge on any atom is 0.0841 e. The third-order valence-electron chi connectivity index (χ3n) is 1.14. The van der Waals surface area contributed by atoms with Crippen molar-refractivity contribution < 1.29 is 4.74 Å². The van der Waals surface area contributed by atoms with Crippen molar-refractivity contribution in [1.82, 2.24) is 0 Å². The van der Waals surface area contributed by atoms with E-state index in [1.807, 2.05) is 6.92 Å². The molecule has 1 rings (SSSR count). The highest BCUT2D eigenvalue weighted by Crippen LogP contribution is 1.92. The summed E-state index contributed by atoms with van der Waals surface area (Å²) >= 11 is 0. The lowest BCUT2D eigenvalue weighted by Gasteiger charge is -1.93. The molecule has 1 aliphatic heterocycles. The Balaban J connectivity index is 2.36. The molecule has 0 radical (unpaired) electrons. The zero-order valence-corrected chi connectivity index (χ0v) is 5.18. The fraction of sp³-hybridized carbons (Fsp3) is 0.833. The zero-order chi connectivity index (χ0) is 5.82. The molecule has 0 bridgehead atoms. The van der Waals surface area contributed by atoms with Crippen molar-refractivity contribution in [2.75, 3.05) is 19.8 Å². The minimum absolute atomic E-state index is 0.736. The van der Waals surface area contributed by atoms with E-state index in [0.29, 0.717) is 0 Å². The number of hydrogen-bond donors (Lipinski definition) is 0. The number of ether oxygens (including phenoxy) is 1. The van der Waals surface area contributed by atoms with Crippen molar-refractivity contribution >= 4 is 5.71 Å². The predicted molar refractivity (Wildman–Crippen MR) is 33.4 cm³/mol. The van der Waals surface area contributed by atoms with Gasteiger partial charge in [0, 0.05) is 18.9 Å². The fourth-order valence-electron chi connectivity index (χ4n) is 0.702. The molecule has 0 aromatic heterocycles. The maximum absolute atomic E-state index is 5.18. The summed E-state index contributed by atoms with van der Waals surface area (Å²) in [4.78, 5) is 4.22. The molecule has 0 N–H and O–H groups in total. The molecule has 0 spiro atoms. The Hall–Kier alpha value is -0.370. The van der Waals surface area contributed by atoms with Gasteiger partial charge in [-0.15, -0.1) is 0 Å². The Morgan fingerprint density at radius 2 is 2.50 bits per heavy atom. The number of aliphatic imine (C=N–C) groups is 1. The molecule has 0 aliphatic carbocycles. The summed E-state index contributed by atoms with van der Waals surface area (Å²) in [7, 11) is 0. The summed E-state index contributed by atoms with van der Waals surface area (Å²) in [6.45, 7) is 4.57. The molecular formula is C6H11NO. The molecule has 2 nitrogen and oxygen atoms in total. The van der Waals surface area contributed by atoms with Crippen LogP contribution in [0.25, 0.3) is 0 Å². The van der Waals surface area contributed by atoms with Gasteiger partial charge in [-0.25, -0.2) is 0 Å². The van der Waals surface area contributed by atoms with Gasteiger partial charge in [0.15, 0.2) is 0 Å². The van der Waals surface area contributed by atoms with E-state index in [0.717, 1.165) is 31.9 Å². The first-order chi connectivity index (χ1) is 3.89. The van der Waals surface area contributed by atoms with E-state index >= 15 is 0 Å². The van der Waals surface area contributed by atoms with Gasteiger partial charge in [0.1, 0.15) is 0 Å². The van der Waals surface area contributed by atoms with Gasteiger partial charge in [0.25, 0.3) is 0 Å². The average Bonchev–Trinajstić information content (AvgIpc) is 1.94. The van der Waals surface area contributed by atoms with Gasteiger partial charge in [-0.1, -0.05) is 0 Å². The molecule has 0 fully saturated rings. The predicted octanol–water partition coefficient (Wildman–Crippen LogP) is 0.868. The smallest absolute Gasteiger partial charge is 0.0841 e. The first kappa shape index (κ1) is 5.76. The van der Waals surface area contributed by atoms with E-state index in [4.69, 9.17) is 4.74 Å². The molecule has 0 amide bonds. The highest BCUT2D eigenvalue weighted by Gasteiger charge is 1.96. The van der Waals surface area contributed by atoms with Crippen LogP contribution in [0.2, 0.25) is 0 Å². The van der Waals surface area contributed by atoms with Gasteiger partial charge in [-0.3, -0.25) is 4.99 Å². The molecule has 1 heterocycles. The monoisotopic (exact) mass is 113 g/mol. The van der Waals surface area contributed by atoms with Crippen LogP contribution in [0.15, 0.2) is 4.99 Å². The standard InChI is InChI=1S/C6H11NO/c1-6-5-8-4-2-3-7-6/h2-5H2,1H3. The first-order valence-corrected chi connectivity index (χ1v) is 2.97. The summed E-state index contributed by atoms with van der Waals surface area (Å²) in [5.74, 6) is 0. The third-order valence-corrected chi connectivity index (χ3v) is 1.14. The second-order valence-electron chi connectivity index (χ2n) is 2.02. The van der Waals surface area contributed by atoms with Gasteiger partial charge in [0.05, 0.1) is 6.61 Å². The van der Waals surface area contributed by atoms with Crippen molar-refractivity contribution in [3.8, 4) is 0 Å². The normalized spacial score (nSPS) is 21.9. The Morgan fingerprint density at radius 1 is 1.62 bits per heavy atom. The average molecular weight is 113 g/mol. The Labute approximate surface area is 49.6 Å². The first-order valence-electron chi connectivity index (χ1n) is 2.97. The van der Waals surface area contributed by atoms with Crippen LogP contribution in [0, 0.1) is 0 Å². The number of rotatable bonds is 0. The summed E-state index contributed by atoms with van der Waals surface area (Å²) in [5, 5.41) is 0. The van der Waals surface area contributed by atoms with Crippen LogP contribution in [0.1, 0.15) is 13.3 Å². The molecule has 1 aliphatic rings. The van der Waals surface area contributed by atoms with Gasteiger partial charge < -0.3 is 4.74 Å². The van der Waals surface area contributed by atoms with Crippen molar-refractivity contribution in [3.05, 3.63) is 0 Å². The quantitative estimate of drug-likeness (QED) is 0.456. The summed E-state index contributed by atoms with van der Waals surface area (Å²) < 4.78 is 5.18. The van der Waals surface area contributed by atoms with Crippen molar-refractivity contribution in [3.63, 3.8) is 0 Å². The van der Waals surface area contributed by atoms with Crippen LogP contribution in [-0.2, 0) is 4.74 Å². The van der Waals surface area contributed by atoms with E-state index < -0.39 is 0 Å². The molecule has 2 heteroatoms. The van der Waals surface area contributed by atoms with E-state index in [2.05, 4.69) is 4.99 Å². The molecule has 0 aromatic rings. The molecule has 0 atom stereocenters. The van der Waals surface area contributed by atoms with Gasteiger partial charge in [0.2, 0.25) is 0 Å². The second kappa shape index (κ2) is 2.82. The van der Waals surface area contributed by atoms with Gasteiger partial charge in [-0.2, -0.15) is 0 Å². The molecule has 0 aromatic carbocycles.